The second-order valence-electron chi connectivity index (χ2n) is 8.50. The van der Waals surface area contributed by atoms with Crippen molar-refractivity contribution < 1.29 is 27.8 Å². The Bertz CT molecular complexity index is 1670. The third-order valence-corrected chi connectivity index (χ3v) is 8.28. The topological polar surface area (TPSA) is 125 Å². The van der Waals surface area contributed by atoms with E-state index in [0.717, 1.165) is 9.54 Å². The van der Waals surface area contributed by atoms with Gasteiger partial charge >= 0.3 is 5.97 Å². The maximum atomic E-state index is 14.0. The summed E-state index contributed by atoms with van der Waals surface area (Å²) in [5, 5.41) is 13.4. The lowest BCUT2D eigenvalue weighted by atomic mass is 10.1. The van der Waals surface area contributed by atoms with Gasteiger partial charge in [0.2, 0.25) is 0 Å². The van der Waals surface area contributed by atoms with Crippen LogP contribution in [0.5, 0.6) is 0 Å². The molecule has 0 aliphatic carbocycles. The highest BCUT2D eigenvalue weighted by molar-refractivity contribution is 7.90. The van der Waals surface area contributed by atoms with E-state index in [4.69, 9.17) is 21.1 Å². The summed E-state index contributed by atoms with van der Waals surface area (Å²) in [6, 6.07) is 9.67. The summed E-state index contributed by atoms with van der Waals surface area (Å²) in [5.74, 6) is -2.41. The Labute approximate surface area is 217 Å². The maximum Gasteiger partial charge on any atom is 0.323 e. The van der Waals surface area contributed by atoms with Crippen molar-refractivity contribution >= 4 is 50.4 Å². The van der Waals surface area contributed by atoms with Crippen LogP contribution < -0.4 is 5.32 Å². The molecular formula is C25H23ClN4O6S. The number of hydrogen-bond acceptors (Lipinski definition) is 7. The number of ether oxygens (including phenoxy) is 2. The van der Waals surface area contributed by atoms with Crippen LogP contribution in [0.15, 0.2) is 59.8 Å². The zero-order valence-corrected chi connectivity index (χ0v) is 21.7. The Kier molecular flexibility index (Phi) is 6.11. The standard InChI is InChI=1S/C25H23ClN4O6S/c1-15-4-6-16(7-5-15)37(33,34)30-21(12-17-19(26)9-11-27-24(17)30)18-13-29(14-22(31)32)20-8-10-25(35-2,36-3)28-23(18)20/h4-13,28H,14H2,1-3H3,(H,31,32). The number of pyridine rings is 1. The predicted molar refractivity (Wildman–Crippen MR) is 139 cm³/mol. The Morgan fingerprint density at radius 1 is 1.19 bits per heavy atom. The monoisotopic (exact) mass is 542 g/mol. The highest BCUT2D eigenvalue weighted by Gasteiger charge is 2.36. The first-order chi connectivity index (χ1) is 17.6. The van der Waals surface area contributed by atoms with Gasteiger partial charge in [0, 0.05) is 37.6 Å². The summed E-state index contributed by atoms with van der Waals surface area (Å²) in [6.07, 6.45) is 6.27. The van der Waals surface area contributed by atoms with E-state index in [9.17, 15) is 18.3 Å². The highest BCUT2D eigenvalue weighted by atomic mass is 35.5. The molecule has 4 heterocycles. The molecule has 0 bridgehead atoms. The van der Waals surface area contributed by atoms with Crippen molar-refractivity contribution in [3.05, 3.63) is 71.1 Å². The van der Waals surface area contributed by atoms with Gasteiger partial charge in [-0.3, -0.25) is 4.79 Å². The van der Waals surface area contributed by atoms with Crippen molar-refractivity contribution in [3.8, 4) is 11.3 Å². The molecule has 10 nitrogen and oxygen atoms in total. The molecule has 0 spiro atoms. The van der Waals surface area contributed by atoms with Crippen molar-refractivity contribution in [2.75, 3.05) is 19.5 Å². The minimum absolute atomic E-state index is 0.0634. The van der Waals surface area contributed by atoms with E-state index in [0.29, 0.717) is 27.4 Å². The smallest absolute Gasteiger partial charge is 0.323 e. The molecule has 0 amide bonds. The number of nitrogens with zero attached hydrogens (tertiary/aromatic N) is 3. The van der Waals surface area contributed by atoms with Crippen molar-refractivity contribution in [2.45, 2.75) is 24.3 Å². The van der Waals surface area contributed by atoms with E-state index in [-0.39, 0.29) is 22.8 Å². The number of aliphatic carboxylic acids is 1. The highest BCUT2D eigenvalue weighted by Crippen LogP contribution is 2.43. The molecular weight excluding hydrogens is 520 g/mol. The van der Waals surface area contributed by atoms with E-state index < -0.39 is 21.9 Å². The second kappa shape index (κ2) is 9.03. The number of methoxy groups -OCH3 is 2. The van der Waals surface area contributed by atoms with Gasteiger partial charge in [-0.2, -0.15) is 0 Å². The molecule has 12 heteroatoms. The molecule has 0 fully saturated rings. The minimum atomic E-state index is -4.15. The van der Waals surface area contributed by atoms with E-state index in [1.165, 1.54) is 37.1 Å². The van der Waals surface area contributed by atoms with Crippen LogP contribution in [0.2, 0.25) is 5.02 Å². The fourth-order valence-corrected chi connectivity index (χ4v) is 6.04. The van der Waals surface area contributed by atoms with Gasteiger partial charge in [0.15, 0.2) is 5.65 Å². The molecule has 192 valence electrons. The number of halogens is 1. The number of nitrogens with one attached hydrogen (secondary N) is 1. The molecule has 0 atom stereocenters. The third kappa shape index (κ3) is 4.09. The van der Waals surface area contributed by atoms with E-state index in [1.54, 1.807) is 42.6 Å². The lowest BCUT2D eigenvalue weighted by Gasteiger charge is -2.32. The molecule has 0 saturated heterocycles. The van der Waals surface area contributed by atoms with E-state index in [2.05, 4.69) is 10.3 Å². The summed E-state index contributed by atoms with van der Waals surface area (Å²) >= 11 is 6.46. The number of carboxylic acids is 1. The van der Waals surface area contributed by atoms with E-state index in [1.807, 2.05) is 6.92 Å². The maximum absolute atomic E-state index is 14.0. The zero-order chi connectivity index (χ0) is 26.5. The fraction of sp³-hybridized carbons (Fsp3) is 0.200. The molecule has 2 N–H and O–H groups in total. The van der Waals surface area contributed by atoms with Gasteiger partial charge < -0.3 is 24.5 Å². The van der Waals surface area contributed by atoms with Crippen LogP contribution in [0.1, 0.15) is 11.3 Å². The third-order valence-electron chi connectivity index (χ3n) is 6.24. The number of rotatable bonds is 7. The number of carbonyl (C=O) groups is 1. The first-order valence-corrected chi connectivity index (χ1v) is 12.9. The van der Waals surface area contributed by atoms with Crippen LogP contribution in [0.4, 0.5) is 5.69 Å². The number of aromatic nitrogens is 3. The van der Waals surface area contributed by atoms with Crippen molar-refractivity contribution in [2.24, 2.45) is 0 Å². The second-order valence-corrected chi connectivity index (χ2v) is 10.7. The van der Waals surface area contributed by atoms with Gasteiger partial charge in [0.25, 0.3) is 15.9 Å². The lowest BCUT2D eigenvalue weighted by Crippen LogP contribution is -2.42. The molecule has 3 aromatic heterocycles. The van der Waals surface area contributed by atoms with Crippen LogP contribution in [0.25, 0.3) is 28.4 Å². The molecule has 0 saturated carbocycles. The molecule has 5 rings (SSSR count). The average Bonchev–Trinajstić information content (AvgIpc) is 3.43. The summed E-state index contributed by atoms with van der Waals surface area (Å²) in [5.41, 5.74) is 2.60. The van der Waals surface area contributed by atoms with Crippen LogP contribution in [0.3, 0.4) is 0 Å². The predicted octanol–water partition coefficient (Wildman–Crippen LogP) is 4.17. The first kappa shape index (κ1) is 25.0. The van der Waals surface area contributed by atoms with Gasteiger partial charge in [-0.1, -0.05) is 29.3 Å². The van der Waals surface area contributed by atoms with Crippen LogP contribution >= 0.6 is 11.6 Å². The number of hydrogen-bond donors (Lipinski definition) is 2. The largest absolute Gasteiger partial charge is 0.480 e. The summed E-state index contributed by atoms with van der Waals surface area (Å²) < 4.78 is 41.7. The SMILES string of the molecule is COC1(OC)C=Cc2c(c(-c3cc4c(Cl)ccnc4n3S(=O)(=O)c3ccc(C)cc3)cn2CC(=O)O)N1. The Balaban J connectivity index is 1.84. The molecule has 1 aliphatic heterocycles. The normalized spacial score (nSPS) is 14.5. The Morgan fingerprint density at radius 3 is 2.54 bits per heavy atom. The number of anilines is 1. The van der Waals surface area contributed by atoms with Crippen LogP contribution in [0, 0.1) is 6.92 Å². The van der Waals surface area contributed by atoms with E-state index >= 15 is 0 Å². The van der Waals surface area contributed by atoms with Crippen molar-refractivity contribution in [1.82, 2.24) is 13.5 Å². The van der Waals surface area contributed by atoms with Gasteiger partial charge in [0.1, 0.15) is 6.54 Å². The molecule has 0 unspecified atom stereocenters. The van der Waals surface area contributed by atoms with Gasteiger partial charge in [0.05, 0.1) is 27.0 Å². The summed E-state index contributed by atoms with van der Waals surface area (Å²) in [4.78, 5) is 16.0. The summed E-state index contributed by atoms with van der Waals surface area (Å²) in [7, 11) is -1.26. The average molecular weight is 543 g/mol. The molecule has 1 aliphatic rings. The Morgan fingerprint density at radius 2 is 1.89 bits per heavy atom. The molecule has 37 heavy (non-hydrogen) atoms. The lowest BCUT2D eigenvalue weighted by molar-refractivity contribution is -0.148. The number of fused-ring (bicyclic) bond motifs is 2. The fourth-order valence-electron chi connectivity index (χ4n) is 4.37. The number of aryl methyl sites for hydroxylation is 1. The summed E-state index contributed by atoms with van der Waals surface area (Å²) in [6.45, 7) is 1.51. The first-order valence-electron chi connectivity index (χ1n) is 11.1. The van der Waals surface area contributed by atoms with Crippen LogP contribution in [-0.4, -0.2) is 53.1 Å². The molecule has 1 aromatic carbocycles. The van der Waals surface area contributed by atoms with Crippen molar-refractivity contribution in [3.63, 3.8) is 0 Å². The van der Waals surface area contributed by atoms with Crippen molar-refractivity contribution in [1.29, 1.82) is 0 Å². The number of carboxylic acid groups (broad SMARTS) is 1. The quantitative estimate of drug-likeness (QED) is 0.333. The molecule has 4 aromatic rings. The van der Waals surface area contributed by atoms with Gasteiger partial charge in [-0.25, -0.2) is 17.4 Å². The minimum Gasteiger partial charge on any atom is -0.480 e. The van der Waals surface area contributed by atoms with Gasteiger partial charge in [-0.15, -0.1) is 0 Å². The molecule has 0 radical (unpaired) electrons. The number of benzene rings is 1. The zero-order valence-electron chi connectivity index (χ0n) is 20.1. The van der Waals surface area contributed by atoms with Crippen LogP contribution in [-0.2, 0) is 30.8 Å². The van der Waals surface area contributed by atoms with Gasteiger partial charge in [-0.05, 0) is 43.3 Å². The Hall–Kier alpha value is -3.64.